The number of amides is 1. The van der Waals surface area contributed by atoms with Crippen molar-refractivity contribution in [3.8, 4) is 11.3 Å². The van der Waals surface area contributed by atoms with Crippen molar-refractivity contribution >= 4 is 11.6 Å². The molecule has 3 aromatic rings. The minimum absolute atomic E-state index is 0.0157. The molecule has 0 unspecified atom stereocenters. The van der Waals surface area contributed by atoms with E-state index in [1.807, 2.05) is 43.4 Å². The number of fused-ring (bicyclic) bond motifs is 1. The number of rotatable bonds is 5. The number of carbonyl (C=O) groups excluding carboxylic acids is 1. The smallest absolute Gasteiger partial charge is 0.340 e. The summed E-state index contributed by atoms with van der Waals surface area (Å²) >= 11 is 0. The van der Waals surface area contributed by atoms with Crippen molar-refractivity contribution in [1.82, 2.24) is 14.3 Å². The van der Waals surface area contributed by atoms with Crippen molar-refractivity contribution in [3.05, 3.63) is 59.4 Å². The van der Waals surface area contributed by atoms with E-state index in [1.54, 1.807) is 11.9 Å². The second kappa shape index (κ2) is 7.89. The standard InChI is InChI=1S/C22H24F3N3O/c1-14(2)12-20(29)27(4)13-18-21(26-19-7-5-6-15(3)28(18)19)16-8-10-17(11-9-16)22(23,24)25/h5-11,14H,12-13H2,1-4H3. The van der Waals surface area contributed by atoms with Crippen molar-refractivity contribution in [1.29, 1.82) is 0 Å². The van der Waals surface area contributed by atoms with Gasteiger partial charge in [-0.3, -0.25) is 9.20 Å². The number of nitrogens with zero attached hydrogens (tertiary/aromatic N) is 3. The summed E-state index contributed by atoms with van der Waals surface area (Å²) < 4.78 is 40.7. The van der Waals surface area contributed by atoms with E-state index in [4.69, 9.17) is 0 Å². The predicted molar refractivity (Wildman–Crippen MR) is 106 cm³/mol. The number of aromatic nitrogens is 2. The summed E-state index contributed by atoms with van der Waals surface area (Å²) in [5.74, 6) is 0.255. The molecule has 0 fully saturated rings. The number of halogens is 3. The molecule has 1 aromatic carbocycles. The van der Waals surface area contributed by atoms with Gasteiger partial charge in [-0.2, -0.15) is 13.2 Å². The minimum Gasteiger partial charge on any atom is -0.340 e. The van der Waals surface area contributed by atoms with Gasteiger partial charge in [-0.05, 0) is 37.1 Å². The molecule has 1 amide bonds. The monoisotopic (exact) mass is 403 g/mol. The molecule has 0 spiro atoms. The average Bonchev–Trinajstić information content (AvgIpc) is 3.00. The van der Waals surface area contributed by atoms with Gasteiger partial charge in [-0.25, -0.2) is 4.98 Å². The topological polar surface area (TPSA) is 37.6 Å². The van der Waals surface area contributed by atoms with Crippen molar-refractivity contribution in [2.75, 3.05) is 7.05 Å². The van der Waals surface area contributed by atoms with E-state index >= 15 is 0 Å². The Hall–Kier alpha value is -2.83. The molecule has 2 aromatic heterocycles. The minimum atomic E-state index is -4.39. The maximum atomic E-state index is 12.9. The highest BCUT2D eigenvalue weighted by Gasteiger charge is 2.30. The molecule has 7 heteroatoms. The zero-order valence-corrected chi connectivity index (χ0v) is 16.9. The van der Waals surface area contributed by atoms with Crippen LogP contribution in [0.1, 0.15) is 37.2 Å². The number of hydrogen-bond donors (Lipinski definition) is 0. The van der Waals surface area contributed by atoms with Crippen LogP contribution in [-0.2, 0) is 17.5 Å². The number of pyridine rings is 1. The quantitative estimate of drug-likeness (QED) is 0.577. The number of imidazole rings is 1. The molecular formula is C22H24F3N3O. The molecule has 2 heterocycles. The van der Waals surface area contributed by atoms with Crippen LogP contribution in [-0.4, -0.2) is 27.2 Å². The lowest BCUT2D eigenvalue weighted by molar-refractivity contribution is -0.137. The van der Waals surface area contributed by atoms with Crippen molar-refractivity contribution in [2.24, 2.45) is 5.92 Å². The Balaban J connectivity index is 2.07. The highest BCUT2D eigenvalue weighted by Crippen LogP contribution is 2.32. The van der Waals surface area contributed by atoms with E-state index < -0.39 is 11.7 Å². The molecule has 0 saturated carbocycles. The summed E-state index contributed by atoms with van der Waals surface area (Å²) in [6, 6.07) is 10.6. The highest BCUT2D eigenvalue weighted by atomic mass is 19.4. The fourth-order valence-electron chi connectivity index (χ4n) is 3.34. The lowest BCUT2D eigenvalue weighted by atomic mass is 10.1. The van der Waals surface area contributed by atoms with Gasteiger partial charge in [0.15, 0.2) is 0 Å². The second-order valence-electron chi connectivity index (χ2n) is 7.69. The summed E-state index contributed by atoms with van der Waals surface area (Å²) in [6.07, 6.45) is -3.96. The van der Waals surface area contributed by atoms with E-state index in [0.717, 1.165) is 23.5 Å². The molecule has 0 atom stereocenters. The average molecular weight is 403 g/mol. The lowest BCUT2D eigenvalue weighted by Gasteiger charge is -2.19. The van der Waals surface area contributed by atoms with Crippen LogP contribution >= 0.6 is 0 Å². The van der Waals surface area contributed by atoms with Crippen molar-refractivity contribution in [2.45, 2.75) is 39.9 Å². The van der Waals surface area contributed by atoms with Gasteiger partial charge in [-0.15, -0.1) is 0 Å². The molecule has 29 heavy (non-hydrogen) atoms. The molecule has 3 rings (SSSR count). The van der Waals surface area contributed by atoms with Gasteiger partial charge >= 0.3 is 6.18 Å². The number of alkyl halides is 3. The van der Waals surface area contributed by atoms with Crippen LogP contribution in [0.2, 0.25) is 0 Å². The van der Waals surface area contributed by atoms with Crippen LogP contribution in [0.15, 0.2) is 42.5 Å². The fourth-order valence-corrected chi connectivity index (χ4v) is 3.34. The van der Waals surface area contributed by atoms with Gasteiger partial charge in [0.2, 0.25) is 5.91 Å². The lowest BCUT2D eigenvalue weighted by Crippen LogP contribution is -2.28. The maximum Gasteiger partial charge on any atom is 0.416 e. The Labute approximate surface area is 168 Å². The molecule has 4 nitrogen and oxygen atoms in total. The third-order valence-electron chi connectivity index (χ3n) is 4.82. The van der Waals surface area contributed by atoms with Crippen LogP contribution in [0.5, 0.6) is 0 Å². The van der Waals surface area contributed by atoms with Gasteiger partial charge in [-0.1, -0.05) is 32.0 Å². The maximum absolute atomic E-state index is 12.9. The number of hydrogen-bond acceptors (Lipinski definition) is 2. The van der Waals surface area contributed by atoms with Crippen LogP contribution in [0.3, 0.4) is 0 Å². The molecule has 0 bridgehead atoms. The van der Waals surface area contributed by atoms with E-state index in [2.05, 4.69) is 4.98 Å². The Morgan fingerprint density at radius 1 is 1.14 bits per heavy atom. The van der Waals surface area contributed by atoms with E-state index in [0.29, 0.717) is 29.9 Å². The highest BCUT2D eigenvalue weighted by molar-refractivity contribution is 5.76. The van der Waals surface area contributed by atoms with Crippen LogP contribution in [0.25, 0.3) is 16.9 Å². The fraction of sp³-hybridized carbons (Fsp3) is 0.364. The number of aryl methyl sites for hydroxylation is 1. The first-order valence-electron chi connectivity index (χ1n) is 9.46. The molecule has 0 N–H and O–H groups in total. The molecular weight excluding hydrogens is 379 g/mol. The van der Waals surface area contributed by atoms with Gasteiger partial charge in [0.05, 0.1) is 23.5 Å². The van der Waals surface area contributed by atoms with Crippen LogP contribution < -0.4 is 0 Å². The largest absolute Gasteiger partial charge is 0.416 e. The Bertz CT molecular complexity index is 1020. The molecule has 0 aliphatic rings. The summed E-state index contributed by atoms with van der Waals surface area (Å²) in [5, 5.41) is 0. The van der Waals surface area contributed by atoms with Gasteiger partial charge in [0, 0.05) is 24.7 Å². The number of benzene rings is 1. The summed E-state index contributed by atoms with van der Waals surface area (Å²) in [4.78, 5) is 18.8. The normalized spacial score (nSPS) is 12.0. The molecule has 0 aliphatic carbocycles. The Morgan fingerprint density at radius 2 is 1.79 bits per heavy atom. The first-order chi connectivity index (χ1) is 13.6. The van der Waals surface area contributed by atoms with Crippen molar-refractivity contribution in [3.63, 3.8) is 0 Å². The Kier molecular flexibility index (Phi) is 5.68. The van der Waals surface area contributed by atoms with E-state index in [9.17, 15) is 18.0 Å². The summed E-state index contributed by atoms with van der Waals surface area (Å²) in [7, 11) is 1.74. The predicted octanol–water partition coefficient (Wildman–Crippen LogP) is 5.33. The SMILES string of the molecule is Cc1cccc2nc(-c3ccc(C(F)(F)F)cc3)c(CN(C)C(=O)CC(C)C)n12. The second-order valence-corrected chi connectivity index (χ2v) is 7.69. The Morgan fingerprint density at radius 3 is 2.38 bits per heavy atom. The molecule has 0 radical (unpaired) electrons. The first kappa shape index (κ1) is 20.9. The zero-order chi connectivity index (χ0) is 21.3. The summed E-state index contributed by atoms with van der Waals surface area (Å²) in [5.41, 5.74) is 2.87. The first-order valence-corrected chi connectivity index (χ1v) is 9.46. The van der Waals surface area contributed by atoms with Gasteiger partial charge in [0.1, 0.15) is 5.65 Å². The molecule has 0 saturated heterocycles. The summed E-state index contributed by atoms with van der Waals surface area (Å²) in [6.45, 7) is 6.22. The third kappa shape index (κ3) is 4.44. The zero-order valence-electron chi connectivity index (χ0n) is 16.9. The van der Waals surface area contributed by atoms with Crippen LogP contribution in [0, 0.1) is 12.8 Å². The van der Waals surface area contributed by atoms with Crippen LogP contribution in [0.4, 0.5) is 13.2 Å². The van der Waals surface area contributed by atoms with Crippen molar-refractivity contribution < 1.29 is 18.0 Å². The van der Waals surface area contributed by atoms with Gasteiger partial charge < -0.3 is 4.90 Å². The molecule has 0 aliphatic heterocycles. The van der Waals surface area contributed by atoms with Gasteiger partial charge in [0.25, 0.3) is 0 Å². The van der Waals surface area contributed by atoms with E-state index in [-0.39, 0.29) is 11.8 Å². The third-order valence-corrected chi connectivity index (χ3v) is 4.82. The number of carbonyl (C=O) groups is 1. The molecule has 154 valence electrons. The van der Waals surface area contributed by atoms with E-state index in [1.165, 1.54) is 12.1 Å².